The lowest BCUT2D eigenvalue weighted by molar-refractivity contribution is 0.353. The van der Waals surface area contributed by atoms with Crippen LogP contribution in [0.5, 0.6) is 0 Å². The van der Waals surface area contributed by atoms with Crippen molar-refractivity contribution in [3.8, 4) is 0 Å². The number of nitrogens with two attached hydrogens (primary N) is 1. The molecule has 3 heteroatoms. The van der Waals surface area contributed by atoms with E-state index < -0.39 is 10.8 Å². The van der Waals surface area contributed by atoms with Crippen molar-refractivity contribution in [2.75, 3.05) is 12.3 Å². The Kier molecular flexibility index (Phi) is 4.96. The Labute approximate surface area is 83.7 Å². The van der Waals surface area contributed by atoms with Crippen LogP contribution < -0.4 is 5.73 Å². The summed E-state index contributed by atoms with van der Waals surface area (Å²) in [4.78, 5) is 0. The van der Waals surface area contributed by atoms with Crippen LogP contribution in [-0.2, 0) is 10.8 Å². The summed E-state index contributed by atoms with van der Waals surface area (Å²) in [5.41, 5.74) is 5.41. The van der Waals surface area contributed by atoms with Crippen LogP contribution in [0.3, 0.4) is 0 Å². The van der Waals surface area contributed by atoms with Crippen LogP contribution >= 0.6 is 0 Å². The second-order valence-electron chi connectivity index (χ2n) is 3.94. The van der Waals surface area contributed by atoms with Gasteiger partial charge in [-0.05, 0) is 18.8 Å². The van der Waals surface area contributed by atoms with Gasteiger partial charge in [0.25, 0.3) is 0 Å². The topological polar surface area (TPSA) is 43.1 Å². The summed E-state index contributed by atoms with van der Waals surface area (Å²) in [7, 11) is -0.654. The van der Waals surface area contributed by atoms with Crippen molar-refractivity contribution in [1.29, 1.82) is 0 Å². The van der Waals surface area contributed by atoms with Gasteiger partial charge in [-0.1, -0.05) is 26.2 Å². The first kappa shape index (κ1) is 11.2. The molecule has 1 fully saturated rings. The summed E-state index contributed by atoms with van der Waals surface area (Å²) in [5.74, 6) is 1.52. The zero-order valence-electron chi connectivity index (χ0n) is 8.50. The Bertz CT molecular complexity index is 172. The third-order valence-corrected chi connectivity index (χ3v) is 4.81. The van der Waals surface area contributed by atoms with Crippen LogP contribution in [0.25, 0.3) is 0 Å². The Morgan fingerprint density at radius 2 is 2.23 bits per heavy atom. The van der Waals surface area contributed by atoms with E-state index in [0.29, 0.717) is 17.5 Å². The van der Waals surface area contributed by atoms with Crippen LogP contribution in [0.4, 0.5) is 0 Å². The second kappa shape index (κ2) is 5.76. The van der Waals surface area contributed by atoms with Crippen LogP contribution in [0.2, 0.25) is 0 Å². The molecular formula is C10H21NOS. The van der Waals surface area contributed by atoms with Crippen LogP contribution in [0.1, 0.15) is 39.0 Å². The first-order chi connectivity index (χ1) is 6.27. The molecule has 3 atom stereocenters. The molecule has 0 amide bonds. The SMILES string of the molecule is CCC1CCCC(S(=O)CCN)C1. The fraction of sp³-hybridized carbons (Fsp3) is 1.00. The van der Waals surface area contributed by atoms with E-state index in [4.69, 9.17) is 5.73 Å². The van der Waals surface area contributed by atoms with Gasteiger partial charge in [0.2, 0.25) is 0 Å². The molecule has 0 spiro atoms. The van der Waals surface area contributed by atoms with Crippen molar-refractivity contribution in [2.45, 2.75) is 44.3 Å². The van der Waals surface area contributed by atoms with E-state index in [9.17, 15) is 4.21 Å². The molecule has 0 radical (unpaired) electrons. The molecule has 1 aliphatic carbocycles. The molecule has 2 nitrogen and oxygen atoms in total. The van der Waals surface area contributed by atoms with Crippen molar-refractivity contribution in [3.05, 3.63) is 0 Å². The Balaban J connectivity index is 2.37. The van der Waals surface area contributed by atoms with Crippen molar-refractivity contribution in [1.82, 2.24) is 0 Å². The number of hydrogen-bond donors (Lipinski definition) is 1. The first-order valence-electron chi connectivity index (χ1n) is 5.35. The minimum absolute atomic E-state index is 0.447. The minimum Gasteiger partial charge on any atom is -0.330 e. The number of hydrogen-bond acceptors (Lipinski definition) is 2. The van der Waals surface area contributed by atoms with Gasteiger partial charge in [0.1, 0.15) is 0 Å². The molecule has 0 bridgehead atoms. The lowest BCUT2D eigenvalue weighted by Crippen LogP contribution is -2.27. The summed E-state index contributed by atoms with van der Waals surface area (Å²) in [6.45, 7) is 2.80. The van der Waals surface area contributed by atoms with Crippen molar-refractivity contribution >= 4 is 10.8 Å². The summed E-state index contributed by atoms with van der Waals surface area (Å²) in [6, 6.07) is 0. The summed E-state index contributed by atoms with van der Waals surface area (Å²) < 4.78 is 11.7. The van der Waals surface area contributed by atoms with Crippen molar-refractivity contribution in [2.24, 2.45) is 11.7 Å². The Morgan fingerprint density at radius 1 is 1.46 bits per heavy atom. The zero-order valence-corrected chi connectivity index (χ0v) is 9.31. The highest BCUT2D eigenvalue weighted by atomic mass is 32.2. The van der Waals surface area contributed by atoms with E-state index in [0.717, 1.165) is 12.3 Å². The van der Waals surface area contributed by atoms with Gasteiger partial charge in [-0.25, -0.2) is 0 Å². The minimum atomic E-state index is -0.654. The van der Waals surface area contributed by atoms with E-state index in [1.165, 1.54) is 25.7 Å². The maximum atomic E-state index is 11.7. The molecule has 3 unspecified atom stereocenters. The summed E-state index contributed by atoms with van der Waals surface area (Å²) in [6.07, 6.45) is 6.18. The fourth-order valence-corrected chi connectivity index (χ4v) is 3.62. The normalized spacial score (nSPS) is 31.5. The standard InChI is InChI=1S/C10H21NOS/c1-2-9-4-3-5-10(8-9)13(12)7-6-11/h9-10H,2-8,11H2,1H3. The highest BCUT2D eigenvalue weighted by molar-refractivity contribution is 7.85. The highest BCUT2D eigenvalue weighted by Gasteiger charge is 2.24. The Morgan fingerprint density at radius 3 is 2.85 bits per heavy atom. The van der Waals surface area contributed by atoms with Crippen LogP contribution in [0, 0.1) is 5.92 Å². The molecule has 13 heavy (non-hydrogen) atoms. The average Bonchev–Trinajstić information content (AvgIpc) is 2.18. The smallest absolute Gasteiger partial charge is 0.0360 e. The van der Waals surface area contributed by atoms with Crippen LogP contribution in [0.15, 0.2) is 0 Å². The molecule has 2 N–H and O–H groups in total. The average molecular weight is 203 g/mol. The third-order valence-electron chi connectivity index (χ3n) is 3.00. The molecule has 0 heterocycles. The van der Waals surface area contributed by atoms with Crippen molar-refractivity contribution < 1.29 is 4.21 Å². The molecule has 1 rings (SSSR count). The summed E-state index contributed by atoms with van der Waals surface area (Å²) >= 11 is 0. The summed E-state index contributed by atoms with van der Waals surface area (Å²) in [5, 5.41) is 0.447. The monoisotopic (exact) mass is 203 g/mol. The van der Waals surface area contributed by atoms with Gasteiger partial charge in [-0.15, -0.1) is 0 Å². The largest absolute Gasteiger partial charge is 0.330 e. The van der Waals surface area contributed by atoms with Crippen LogP contribution in [-0.4, -0.2) is 21.8 Å². The van der Waals surface area contributed by atoms with Gasteiger partial charge < -0.3 is 5.73 Å². The molecule has 0 aromatic heterocycles. The van der Waals surface area contributed by atoms with Gasteiger partial charge in [0.05, 0.1) is 0 Å². The van der Waals surface area contributed by atoms with E-state index >= 15 is 0 Å². The lowest BCUT2D eigenvalue weighted by atomic mass is 9.87. The molecule has 0 aromatic rings. The molecule has 0 aliphatic heterocycles. The predicted octanol–water partition coefficient (Wildman–Crippen LogP) is 1.66. The second-order valence-corrected chi connectivity index (χ2v) is 5.77. The number of rotatable bonds is 4. The highest BCUT2D eigenvalue weighted by Crippen LogP contribution is 2.29. The molecule has 0 aromatic carbocycles. The fourth-order valence-electron chi connectivity index (χ4n) is 2.13. The van der Waals surface area contributed by atoms with E-state index in [1.54, 1.807) is 0 Å². The first-order valence-corrected chi connectivity index (χ1v) is 6.73. The van der Waals surface area contributed by atoms with Gasteiger partial charge >= 0.3 is 0 Å². The third kappa shape index (κ3) is 3.39. The predicted molar refractivity (Wildman–Crippen MR) is 58.1 cm³/mol. The Hall–Kier alpha value is 0.110. The molecule has 1 aliphatic rings. The maximum absolute atomic E-state index is 11.7. The van der Waals surface area contributed by atoms with Gasteiger partial charge in [0, 0.05) is 28.3 Å². The van der Waals surface area contributed by atoms with Gasteiger partial charge in [0.15, 0.2) is 0 Å². The van der Waals surface area contributed by atoms with E-state index in [2.05, 4.69) is 6.92 Å². The van der Waals surface area contributed by atoms with E-state index in [-0.39, 0.29) is 0 Å². The lowest BCUT2D eigenvalue weighted by Gasteiger charge is -2.27. The van der Waals surface area contributed by atoms with E-state index in [1.807, 2.05) is 0 Å². The molecular weight excluding hydrogens is 182 g/mol. The maximum Gasteiger partial charge on any atom is 0.0360 e. The van der Waals surface area contributed by atoms with Gasteiger partial charge in [-0.2, -0.15) is 0 Å². The van der Waals surface area contributed by atoms with Gasteiger partial charge in [-0.3, -0.25) is 4.21 Å². The molecule has 0 saturated heterocycles. The molecule has 78 valence electrons. The molecule has 1 saturated carbocycles. The quantitative estimate of drug-likeness (QED) is 0.755. The zero-order chi connectivity index (χ0) is 9.68. The van der Waals surface area contributed by atoms with Crippen molar-refractivity contribution in [3.63, 3.8) is 0 Å².